The maximum atomic E-state index is 11.3. The summed E-state index contributed by atoms with van der Waals surface area (Å²) in [5.74, 6) is 0.755. The highest BCUT2D eigenvalue weighted by atomic mass is 32.2. The normalized spacial score (nSPS) is 16.8. The summed E-state index contributed by atoms with van der Waals surface area (Å²) in [6, 6.07) is 7.16. The number of benzene rings is 1. The highest BCUT2D eigenvalue weighted by molar-refractivity contribution is 7.90. The molecule has 0 amide bonds. The average Bonchev–Trinajstić information content (AvgIpc) is 2.23. The lowest BCUT2D eigenvalue weighted by Crippen LogP contribution is -2.47. The highest BCUT2D eigenvalue weighted by Gasteiger charge is 2.18. The summed E-state index contributed by atoms with van der Waals surface area (Å²) in [4.78, 5) is 2.66. The molecule has 4 nitrogen and oxygen atoms in total. The Balaban J connectivity index is 1.93. The van der Waals surface area contributed by atoms with Crippen LogP contribution in [0.5, 0.6) is 0 Å². The molecule has 1 aliphatic rings. The SMILES string of the molecule is CN(Cc1ccc(S(C)(=O)=O)cc1)CC1CNC1. The van der Waals surface area contributed by atoms with Crippen LogP contribution in [0, 0.1) is 5.92 Å². The molecule has 0 bridgehead atoms. The van der Waals surface area contributed by atoms with Crippen LogP contribution in [-0.2, 0) is 16.4 Å². The van der Waals surface area contributed by atoms with Crippen LogP contribution in [0.4, 0.5) is 0 Å². The van der Waals surface area contributed by atoms with Crippen LogP contribution in [0.3, 0.4) is 0 Å². The van der Waals surface area contributed by atoms with Crippen molar-refractivity contribution >= 4 is 9.84 Å². The van der Waals surface area contributed by atoms with Gasteiger partial charge in [-0.05, 0) is 30.7 Å². The molecule has 0 saturated carbocycles. The third-order valence-electron chi connectivity index (χ3n) is 3.24. The van der Waals surface area contributed by atoms with Crippen molar-refractivity contribution in [3.63, 3.8) is 0 Å². The Hall–Kier alpha value is -0.910. The fraction of sp³-hybridized carbons (Fsp3) is 0.538. The molecule has 2 rings (SSSR count). The zero-order valence-corrected chi connectivity index (χ0v) is 11.7. The number of rotatable bonds is 5. The predicted molar refractivity (Wildman–Crippen MR) is 72.2 cm³/mol. The van der Waals surface area contributed by atoms with Crippen LogP contribution in [0.2, 0.25) is 0 Å². The van der Waals surface area contributed by atoms with Gasteiger partial charge < -0.3 is 10.2 Å². The van der Waals surface area contributed by atoms with Gasteiger partial charge in [-0.1, -0.05) is 12.1 Å². The quantitative estimate of drug-likeness (QED) is 0.856. The lowest BCUT2D eigenvalue weighted by molar-refractivity contribution is 0.218. The van der Waals surface area contributed by atoms with Crippen molar-refractivity contribution in [2.45, 2.75) is 11.4 Å². The van der Waals surface area contributed by atoms with Crippen molar-refractivity contribution in [2.24, 2.45) is 5.92 Å². The number of hydrogen-bond donors (Lipinski definition) is 1. The summed E-state index contributed by atoms with van der Waals surface area (Å²) in [6.45, 7) is 4.16. The molecular weight excluding hydrogens is 248 g/mol. The lowest BCUT2D eigenvalue weighted by atomic mass is 10.0. The minimum absolute atomic E-state index is 0.386. The van der Waals surface area contributed by atoms with E-state index in [1.807, 2.05) is 12.1 Å². The molecule has 1 heterocycles. The van der Waals surface area contributed by atoms with Gasteiger partial charge in [0.25, 0.3) is 0 Å². The molecule has 18 heavy (non-hydrogen) atoms. The Morgan fingerprint density at radius 3 is 2.33 bits per heavy atom. The maximum Gasteiger partial charge on any atom is 0.175 e. The molecule has 1 fully saturated rings. The fourth-order valence-electron chi connectivity index (χ4n) is 2.14. The molecule has 1 N–H and O–H groups in total. The van der Waals surface area contributed by atoms with Gasteiger partial charge >= 0.3 is 0 Å². The molecule has 5 heteroatoms. The zero-order chi connectivity index (χ0) is 13.2. The Morgan fingerprint density at radius 2 is 1.89 bits per heavy atom. The highest BCUT2D eigenvalue weighted by Crippen LogP contribution is 2.13. The van der Waals surface area contributed by atoms with Gasteiger partial charge in [-0.15, -0.1) is 0 Å². The van der Waals surface area contributed by atoms with E-state index in [4.69, 9.17) is 0 Å². The van der Waals surface area contributed by atoms with Gasteiger partial charge in [0.15, 0.2) is 9.84 Å². The molecule has 100 valence electrons. The molecule has 0 unspecified atom stereocenters. The molecule has 0 aliphatic carbocycles. The Kier molecular flexibility index (Phi) is 4.04. The first kappa shape index (κ1) is 13.5. The zero-order valence-electron chi connectivity index (χ0n) is 10.9. The number of sulfone groups is 1. The summed E-state index contributed by atoms with van der Waals surface area (Å²) in [5, 5.41) is 3.26. The number of nitrogens with one attached hydrogen (secondary N) is 1. The molecular formula is C13H20N2O2S. The van der Waals surface area contributed by atoms with Crippen molar-refractivity contribution in [2.75, 3.05) is 32.9 Å². The second-order valence-corrected chi connectivity index (χ2v) is 7.15. The fourth-order valence-corrected chi connectivity index (χ4v) is 2.77. The average molecular weight is 268 g/mol. The first-order valence-electron chi connectivity index (χ1n) is 6.13. The summed E-state index contributed by atoms with van der Waals surface area (Å²) in [6.07, 6.45) is 1.23. The molecule has 0 spiro atoms. The topological polar surface area (TPSA) is 49.4 Å². The number of nitrogens with zero attached hydrogens (tertiary/aromatic N) is 1. The lowest BCUT2D eigenvalue weighted by Gasteiger charge is -2.31. The predicted octanol–water partition coefficient (Wildman–Crippen LogP) is 0.741. The van der Waals surface area contributed by atoms with E-state index in [2.05, 4.69) is 17.3 Å². The molecule has 1 aromatic rings. The molecule has 1 aliphatic heterocycles. The van der Waals surface area contributed by atoms with Crippen molar-refractivity contribution in [1.29, 1.82) is 0 Å². The van der Waals surface area contributed by atoms with Crippen LogP contribution < -0.4 is 5.32 Å². The minimum Gasteiger partial charge on any atom is -0.316 e. The standard InChI is InChI=1S/C13H20N2O2S/c1-15(10-12-7-14-8-12)9-11-3-5-13(6-4-11)18(2,16)17/h3-6,12,14H,7-10H2,1-2H3. The Bertz CT molecular complexity index is 492. The smallest absolute Gasteiger partial charge is 0.175 e. The summed E-state index contributed by atoms with van der Waals surface area (Å²) in [7, 11) is -0.984. The second-order valence-electron chi connectivity index (χ2n) is 5.14. The molecule has 1 aromatic carbocycles. The van der Waals surface area contributed by atoms with Crippen LogP contribution in [0.15, 0.2) is 29.2 Å². The van der Waals surface area contributed by atoms with Gasteiger partial charge in [-0.25, -0.2) is 8.42 Å². The van der Waals surface area contributed by atoms with Crippen molar-refractivity contribution < 1.29 is 8.42 Å². The third-order valence-corrected chi connectivity index (χ3v) is 4.37. The largest absolute Gasteiger partial charge is 0.316 e. The molecule has 0 radical (unpaired) electrons. The van der Waals surface area contributed by atoms with Crippen LogP contribution in [0.1, 0.15) is 5.56 Å². The molecule has 1 saturated heterocycles. The van der Waals surface area contributed by atoms with Crippen molar-refractivity contribution in [1.82, 2.24) is 10.2 Å². The minimum atomic E-state index is -3.08. The molecule has 0 atom stereocenters. The summed E-state index contributed by atoms with van der Waals surface area (Å²) in [5.41, 5.74) is 1.15. The van der Waals surface area contributed by atoms with Gasteiger partial charge in [0.1, 0.15) is 0 Å². The Morgan fingerprint density at radius 1 is 1.28 bits per heavy atom. The van der Waals surface area contributed by atoms with Crippen molar-refractivity contribution in [3.8, 4) is 0 Å². The maximum absolute atomic E-state index is 11.3. The van der Waals surface area contributed by atoms with E-state index >= 15 is 0 Å². The second kappa shape index (κ2) is 5.38. The van der Waals surface area contributed by atoms with E-state index in [1.54, 1.807) is 12.1 Å². The van der Waals surface area contributed by atoms with Gasteiger partial charge in [-0.3, -0.25) is 0 Å². The van der Waals surface area contributed by atoms with E-state index in [1.165, 1.54) is 6.26 Å². The monoisotopic (exact) mass is 268 g/mol. The Labute approximate surface area is 109 Å². The summed E-state index contributed by atoms with van der Waals surface area (Å²) < 4.78 is 22.7. The van der Waals surface area contributed by atoms with E-state index in [0.717, 1.165) is 37.7 Å². The van der Waals surface area contributed by atoms with E-state index < -0.39 is 9.84 Å². The van der Waals surface area contributed by atoms with E-state index in [0.29, 0.717) is 4.90 Å². The first-order chi connectivity index (χ1) is 8.45. The van der Waals surface area contributed by atoms with Crippen LogP contribution >= 0.6 is 0 Å². The van der Waals surface area contributed by atoms with Crippen LogP contribution in [-0.4, -0.2) is 46.3 Å². The van der Waals surface area contributed by atoms with E-state index in [-0.39, 0.29) is 0 Å². The number of hydrogen-bond acceptors (Lipinski definition) is 4. The van der Waals surface area contributed by atoms with Gasteiger partial charge in [0.05, 0.1) is 4.90 Å². The first-order valence-corrected chi connectivity index (χ1v) is 8.02. The third kappa shape index (κ3) is 3.54. The van der Waals surface area contributed by atoms with E-state index in [9.17, 15) is 8.42 Å². The van der Waals surface area contributed by atoms with Crippen molar-refractivity contribution in [3.05, 3.63) is 29.8 Å². The van der Waals surface area contributed by atoms with Gasteiger partial charge in [0, 0.05) is 32.4 Å². The van der Waals surface area contributed by atoms with Crippen LogP contribution in [0.25, 0.3) is 0 Å². The summed E-state index contributed by atoms with van der Waals surface area (Å²) >= 11 is 0. The molecule has 0 aromatic heterocycles. The van der Waals surface area contributed by atoms with Gasteiger partial charge in [0.2, 0.25) is 0 Å². The van der Waals surface area contributed by atoms with Gasteiger partial charge in [-0.2, -0.15) is 0 Å².